The van der Waals surface area contributed by atoms with E-state index in [2.05, 4.69) is 10.2 Å². The number of carbonyl (C=O) groups is 1. The summed E-state index contributed by atoms with van der Waals surface area (Å²) in [7, 11) is 1.64. The van der Waals surface area contributed by atoms with E-state index in [-0.39, 0.29) is 5.78 Å². The zero-order valence-electron chi connectivity index (χ0n) is 16.7. The number of benzene rings is 3. The summed E-state index contributed by atoms with van der Waals surface area (Å²) in [5.41, 5.74) is 2.42. The summed E-state index contributed by atoms with van der Waals surface area (Å²) in [6, 6.07) is 26.8. The number of carbonyl (C=O) groups excluding carboxylic acids is 1. The normalized spacial score (nSPS) is 11.8. The van der Waals surface area contributed by atoms with Gasteiger partial charge in [0.05, 0.1) is 12.8 Å². The number of nitrogens with zero attached hydrogens (tertiary/aromatic N) is 3. The monoisotopic (exact) mass is 415 g/mol. The molecule has 0 N–H and O–H groups in total. The topological polar surface area (TPSA) is 57.0 Å². The molecule has 3 aromatic carbocycles. The quantitative estimate of drug-likeness (QED) is 0.303. The molecule has 1 heterocycles. The summed E-state index contributed by atoms with van der Waals surface area (Å²) < 4.78 is 7.46. The fraction of sp³-hybridized carbons (Fsp3) is 0.125. The van der Waals surface area contributed by atoms with Gasteiger partial charge in [-0.2, -0.15) is 0 Å². The minimum absolute atomic E-state index is 0.0269. The van der Waals surface area contributed by atoms with Gasteiger partial charge in [0.15, 0.2) is 10.9 Å². The molecule has 0 saturated heterocycles. The Bertz CT molecular complexity index is 1140. The number of hydrogen-bond acceptors (Lipinski definition) is 5. The largest absolute Gasteiger partial charge is 0.495 e. The van der Waals surface area contributed by atoms with Crippen molar-refractivity contribution in [3.63, 3.8) is 0 Å². The highest BCUT2D eigenvalue weighted by Gasteiger charge is 2.27. The van der Waals surface area contributed by atoms with Gasteiger partial charge < -0.3 is 4.74 Å². The first-order valence-electron chi connectivity index (χ1n) is 9.55. The molecule has 0 bridgehead atoms. The molecule has 5 nitrogen and oxygen atoms in total. The number of aromatic nitrogens is 3. The summed E-state index contributed by atoms with van der Waals surface area (Å²) in [6.45, 7) is 1.89. The van der Waals surface area contributed by atoms with Gasteiger partial charge in [0.25, 0.3) is 0 Å². The minimum atomic E-state index is -0.453. The molecule has 0 saturated carbocycles. The molecule has 0 aliphatic heterocycles. The molecular formula is C24H21N3O2S. The average molecular weight is 416 g/mol. The van der Waals surface area contributed by atoms with Crippen molar-refractivity contribution in [2.24, 2.45) is 0 Å². The second-order valence-corrected chi connectivity index (χ2v) is 7.75. The lowest BCUT2D eigenvalue weighted by molar-refractivity contribution is 0.0989. The van der Waals surface area contributed by atoms with E-state index in [4.69, 9.17) is 4.74 Å². The number of rotatable bonds is 7. The molecule has 0 aliphatic carbocycles. The zero-order chi connectivity index (χ0) is 20.9. The molecule has 30 heavy (non-hydrogen) atoms. The second kappa shape index (κ2) is 8.97. The number of methoxy groups -OCH3 is 1. The van der Waals surface area contributed by atoms with Crippen molar-refractivity contribution in [3.05, 3.63) is 102 Å². The molecule has 0 aliphatic rings. The molecule has 4 aromatic rings. The van der Waals surface area contributed by atoms with E-state index in [1.807, 2.05) is 96.4 Å². The van der Waals surface area contributed by atoms with Gasteiger partial charge in [-0.25, -0.2) is 0 Å². The first-order chi connectivity index (χ1) is 14.7. The standard InChI is InChI=1S/C24H21N3O2S/c1-17-25-26-24(27(17)20-15-9-10-16-21(20)29-2)30-23(19-13-7-4-8-14-19)22(28)18-11-5-3-6-12-18/h3-16,23H,1-2H3/t23-/m1/s1. The predicted molar refractivity (Wildman–Crippen MR) is 118 cm³/mol. The second-order valence-electron chi connectivity index (χ2n) is 6.68. The van der Waals surface area contributed by atoms with Crippen molar-refractivity contribution in [2.45, 2.75) is 17.3 Å². The van der Waals surface area contributed by atoms with Gasteiger partial charge in [-0.3, -0.25) is 9.36 Å². The molecule has 1 aromatic heterocycles. The number of para-hydroxylation sites is 2. The van der Waals surface area contributed by atoms with Crippen LogP contribution in [0.15, 0.2) is 90.1 Å². The van der Waals surface area contributed by atoms with Crippen molar-refractivity contribution in [2.75, 3.05) is 7.11 Å². The zero-order valence-corrected chi connectivity index (χ0v) is 17.5. The molecule has 0 unspecified atom stereocenters. The number of ketones is 1. The van der Waals surface area contributed by atoms with Crippen LogP contribution < -0.4 is 4.74 Å². The SMILES string of the molecule is COc1ccccc1-n1c(C)nnc1S[C@@H](C(=O)c1ccccc1)c1ccccc1. The number of thioether (sulfide) groups is 1. The maximum absolute atomic E-state index is 13.4. The van der Waals surface area contributed by atoms with Gasteiger partial charge in [0.1, 0.15) is 16.8 Å². The molecule has 6 heteroatoms. The number of ether oxygens (including phenoxy) is 1. The van der Waals surface area contributed by atoms with Crippen LogP contribution in [0.3, 0.4) is 0 Å². The van der Waals surface area contributed by atoms with E-state index >= 15 is 0 Å². The lowest BCUT2D eigenvalue weighted by atomic mass is 10.0. The summed E-state index contributed by atoms with van der Waals surface area (Å²) in [6.07, 6.45) is 0. The third-order valence-electron chi connectivity index (χ3n) is 4.74. The molecule has 1 atom stereocenters. The van der Waals surface area contributed by atoms with Crippen LogP contribution in [-0.4, -0.2) is 27.7 Å². The minimum Gasteiger partial charge on any atom is -0.495 e. The lowest BCUT2D eigenvalue weighted by Gasteiger charge is -2.17. The van der Waals surface area contributed by atoms with Crippen LogP contribution in [-0.2, 0) is 0 Å². The van der Waals surface area contributed by atoms with E-state index in [0.29, 0.717) is 16.5 Å². The Morgan fingerprint density at radius 3 is 2.23 bits per heavy atom. The lowest BCUT2D eigenvalue weighted by Crippen LogP contribution is -2.11. The highest BCUT2D eigenvalue weighted by atomic mass is 32.2. The van der Waals surface area contributed by atoms with Crippen LogP contribution in [0.25, 0.3) is 5.69 Å². The van der Waals surface area contributed by atoms with Crippen LogP contribution in [0.1, 0.15) is 27.0 Å². The van der Waals surface area contributed by atoms with Crippen molar-refractivity contribution < 1.29 is 9.53 Å². The first-order valence-corrected chi connectivity index (χ1v) is 10.4. The van der Waals surface area contributed by atoms with Gasteiger partial charge in [0.2, 0.25) is 0 Å². The highest BCUT2D eigenvalue weighted by molar-refractivity contribution is 8.00. The Balaban J connectivity index is 1.77. The van der Waals surface area contributed by atoms with E-state index in [9.17, 15) is 4.79 Å². The molecule has 4 rings (SSSR count). The molecule has 0 amide bonds. The van der Waals surface area contributed by atoms with E-state index in [1.54, 1.807) is 7.11 Å². The third kappa shape index (κ3) is 4.00. The van der Waals surface area contributed by atoms with Crippen LogP contribution in [0, 0.1) is 6.92 Å². The smallest absolute Gasteiger partial charge is 0.197 e. The maximum atomic E-state index is 13.4. The van der Waals surface area contributed by atoms with Crippen molar-refractivity contribution >= 4 is 17.5 Å². The van der Waals surface area contributed by atoms with Gasteiger partial charge in [-0.15, -0.1) is 10.2 Å². The Kier molecular flexibility index (Phi) is 5.95. The van der Waals surface area contributed by atoms with E-state index in [0.717, 1.165) is 17.1 Å². The molecule has 0 radical (unpaired) electrons. The molecule has 0 spiro atoms. The van der Waals surface area contributed by atoms with Crippen LogP contribution >= 0.6 is 11.8 Å². The fourth-order valence-electron chi connectivity index (χ4n) is 3.27. The van der Waals surface area contributed by atoms with Gasteiger partial charge >= 0.3 is 0 Å². The summed E-state index contributed by atoms with van der Waals surface area (Å²) in [5.74, 6) is 1.47. The fourth-order valence-corrected chi connectivity index (χ4v) is 4.44. The Hall–Kier alpha value is -3.38. The van der Waals surface area contributed by atoms with Crippen molar-refractivity contribution in [1.29, 1.82) is 0 Å². The molecular weight excluding hydrogens is 394 g/mol. The number of hydrogen-bond donors (Lipinski definition) is 0. The van der Waals surface area contributed by atoms with Gasteiger partial charge in [-0.05, 0) is 24.6 Å². The maximum Gasteiger partial charge on any atom is 0.197 e. The Morgan fingerprint density at radius 2 is 1.53 bits per heavy atom. The Morgan fingerprint density at radius 1 is 0.900 bits per heavy atom. The molecule has 0 fully saturated rings. The van der Waals surface area contributed by atoms with Crippen LogP contribution in [0.5, 0.6) is 5.75 Å². The Labute approximate surface area is 179 Å². The van der Waals surface area contributed by atoms with Crippen LogP contribution in [0.2, 0.25) is 0 Å². The summed E-state index contributed by atoms with van der Waals surface area (Å²) in [5, 5.41) is 8.83. The van der Waals surface area contributed by atoms with Crippen molar-refractivity contribution in [1.82, 2.24) is 14.8 Å². The summed E-state index contributed by atoms with van der Waals surface area (Å²) in [4.78, 5) is 13.4. The van der Waals surface area contributed by atoms with Gasteiger partial charge in [-0.1, -0.05) is 84.6 Å². The van der Waals surface area contributed by atoms with Crippen LogP contribution in [0.4, 0.5) is 0 Å². The predicted octanol–water partition coefficient (Wildman–Crippen LogP) is 5.30. The highest BCUT2D eigenvalue weighted by Crippen LogP contribution is 2.39. The van der Waals surface area contributed by atoms with Gasteiger partial charge in [0, 0.05) is 5.56 Å². The van der Waals surface area contributed by atoms with E-state index < -0.39 is 5.25 Å². The first kappa shape index (κ1) is 19.9. The molecule has 150 valence electrons. The van der Waals surface area contributed by atoms with E-state index in [1.165, 1.54) is 11.8 Å². The number of Topliss-reactive ketones (excluding diaryl/α,β-unsaturated/α-hetero) is 1. The summed E-state index contributed by atoms with van der Waals surface area (Å²) >= 11 is 1.39. The third-order valence-corrected chi connectivity index (χ3v) is 5.94. The number of aryl methyl sites for hydroxylation is 1. The average Bonchev–Trinajstić information content (AvgIpc) is 3.17. The van der Waals surface area contributed by atoms with Crippen molar-refractivity contribution in [3.8, 4) is 11.4 Å².